The topological polar surface area (TPSA) is 84.0 Å². The fraction of sp³-hybridized carbons (Fsp3) is 0.286. The van der Waals surface area contributed by atoms with Gasteiger partial charge in [-0.05, 0) is 50.1 Å². The van der Waals surface area contributed by atoms with Crippen LogP contribution in [0.2, 0.25) is 0 Å². The van der Waals surface area contributed by atoms with Crippen LogP contribution in [0.5, 0.6) is 0 Å². The highest BCUT2D eigenvalue weighted by molar-refractivity contribution is 7.92. The first-order valence-electron chi connectivity index (χ1n) is 6.59. The van der Waals surface area contributed by atoms with E-state index < -0.39 is 10.0 Å². The second kappa shape index (κ2) is 6.09. The molecule has 0 aliphatic heterocycles. The van der Waals surface area contributed by atoms with Gasteiger partial charge in [-0.25, -0.2) is 8.42 Å². The van der Waals surface area contributed by atoms with Gasteiger partial charge in [0, 0.05) is 5.69 Å². The van der Waals surface area contributed by atoms with Crippen LogP contribution in [-0.4, -0.2) is 24.4 Å². The van der Waals surface area contributed by atoms with Gasteiger partial charge in [0.2, 0.25) is 10.0 Å². The first-order valence-corrected chi connectivity index (χ1v) is 8.24. The minimum Gasteiger partial charge on any atom is -0.339 e. The molecule has 1 heterocycles. The summed E-state index contributed by atoms with van der Waals surface area (Å²) < 4.78 is 25.2. The minimum atomic E-state index is -3.33. The van der Waals surface area contributed by atoms with Crippen LogP contribution >= 0.6 is 0 Å². The van der Waals surface area contributed by atoms with Crippen molar-refractivity contribution in [2.75, 3.05) is 15.8 Å². The zero-order chi connectivity index (χ0) is 15.5. The fourth-order valence-electron chi connectivity index (χ4n) is 1.71. The molecular formula is C14H18N4O2S. The normalized spacial score (nSPS) is 11.2. The van der Waals surface area contributed by atoms with Gasteiger partial charge >= 0.3 is 0 Å². The van der Waals surface area contributed by atoms with Gasteiger partial charge in [0.05, 0.1) is 5.75 Å². The predicted molar refractivity (Wildman–Crippen MR) is 84.3 cm³/mol. The predicted octanol–water partition coefficient (Wildman–Crippen LogP) is 2.60. The third-order valence-corrected chi connectivity index (χ3v) is 4.45. The molecule has 2 rings (SSSR count). The third-order valence-electron chi connectivity index (χ3n) is 3.17. The van der Waals surface area contributed by atoms with Crippen LogP contribution in [0.3, 0.4) is 0 Å². The van der Waals surface area contributed by atoms with E-state index in [1.165, 1.54) is 5.56 Å². The molecule has 0 saturated heterocycles. The summed E-state index contributed by atoms with van der Waals surface area (Å²) in [5.74, 6) is 0.767. The fourth-order valence-corrected chi connectivity index (χ4v) is 2.28. The molecule has 0 bridgehead atoms. The lowest BCUT2D eigenvalue weighted by molar-refractivity contribution is 0.602. The number of anilines is 3. The van der Waals surface area contributed by atoms with E-state index in [4.69, 9.17) is 0 Å². The van der Waals surface area contributed by atoms with Crippen molar-refractivity contribution in [1.29, 1.82) is 0 Å². The van der Waals surface area contributed by atoms with Crippen LogP contribution in [0.15, 0.2) is 30.3 Å². The second-order valence-electron chi connectivity index (χ2n) is 4.68. The van der Waals surface area contributed by atoms with Crippen LogP contribution in [0.25, 0.3) is 0 Å². The van der Waals surface area contributed by atoms with Crippen molar-refractivity contribution in [3.63, 3.8) is 0 Å². The van der Waals surface area contributed by atoms with Crippen molar-refractivity contribution in [1.82, 2.24) is 10.2 Å². The van der Waals surface area contributed by atoms with Crippen LogP contribution in [-0.2, 0) is 10.0 Å². The molecule has 0 fully saturated rings. The summed E-state index contributed by atoms with van der Waals surface area (Å²) in [6.07, 6.45) is 0. The number of hydrogen-bond acceptors (Lipinski definition) is 5. The largest absolute Gasteiger partial charge is 0.339 e. The van der Waals surface area contributed by atoms with Crippen molar-refractivity contribution in [3.8, 4) is 0 Å². The summed E-state index contributed by atoms with van der Waals surface area (Å²) in [5, 5.41) is 11.0. The molecule has 0 radical (unpaired) electrons. The van der Waals surface area contributed by atoms with Crippen molar-refractivity contribution in [2.24, 2.45) is 0 Å². The Balaban J connectivity index is 2.15. The maximum atomic E-state index is 11.4. The Bertz CT molecular complexity index is 727. The molecule has 0 unspecified atom stereocenters. The Morgan fingerprint density at radius 2 is 1.71 bits per heavy atom. The highest BCUT2D eigenvalue weighted by Crippen LogP contribution is 2.21. The Labute approximate surface area is 124 Å². The van der Waals surface area contributed by atoms with Gasteiger partial charge in [0.1, 0.15) is 0 Å². The molecule has 0 atom stereocenters. The third kappa shape index (κ3) is 3.91. The van der Waals surface area contributed by atoms with E-state index in [9.17, 15) is 8.42 Å². The number of rotatable bonds is 5. The average Bonchev–Trinajstić information content (AvgIpc) is 2.46. The molecule has 6 nitrogen and oxygen atoms in total. The first kappa shape index (κ1) is 15.2. The van der Waals surface area contributed by atoms with Gasteiger partial charge in [0.15, 0.2) is 11.6 Å². The standard InChI is InChI=1S/C14H18N4O2S/c1-4-21(19,20)18-14-9-8-13(16-17-14)15-12-7-5-6-10(2)11(12)3/h5-9H,4H2,1-3H3,(H,15,16)(H,17,18). The van der Waals surface area contributed by atoms with Gasteiger partial charge < -0.3 is 5.32 Å². The molecule has 2 N–H and O–H groups in total. The Hall–Kier alpha value is -2.15. The zero-order valence-corrected chi connectivity index (χ0v) is 13.0. The highest BCUT2D eigenvalue weighted by Gasteiger charge is 2.08. The molecule has 0 spiro atoms. The number of benzene rings is 1. The van der Waals surface area contributed by atoms with Crippen LogP contribution in [0.1, 0.15) is 18.1 Å². The van der Waals surface area contributed by atoms with E-state index in [-0.39, 0.29) is 11.6 Å². The molecule has 0 saturated carbocycles. The van der Waals surface area contributed by atoms with Crippen LogP contribution in [0, 0.1) is 13.8 Å². The summed E-state index contributed by atoms with van der Waals surface area (Å²) in [6.45, 7) is 5.62. The molecule has 1 aromatic carbocycles. The molecule has 112 valence electrons. The summed E-state index contributed by atoms with van der Waals surface area (Å²) in [6, 6.07) is 9.21. The first-order chi connectivity index (χ1) is 9.91. The van der Waals surface area contributed by atoms with E-state index >= 15 is 0 Å². The number of hydrogen-bond donors (Lipinski definition) is 2. The van der Waals surface area contributed by atoms with E-state index in [1.807, 2.05) is 32.0 Å². The summed E-state index contributed by atoms with van der Waals surface area (Å²) in [7, 11) is -3.33. The van der Waals surface area contributed by atoms with E-state index in [0.717, 1.165) is 11.3 Å². The summed E-state index contributed by atoms with van der Waals surface area (Å²) in [4.78, 5) is 0. The quantitative estimate of drug-likeness (QED) is 0.887. The average molecular weight is 306 g/mol. The SMILES string of the molecule is CCS(=O)(=O)Nc1ccc(Nc2cccc(C)c2C)nn1. The van der Waals surface area contributed by atoms with Gasteiger partial charge in [-0.3, -0.25) is 4.72 Å². The lowest BCUT2D eigenvalue weighted by Crippen LogP contribution is -2.15. The van der Waals surface area contributed by atoms with Crippen molar-refractivity contribution in [2.45, 2.75) is 20.8 Å². The van der Waals surface area contributed by atoms with E-state index in [2.05, 4.69) is 20.2 Å². The van der Waals surface area contributed by atoms with E-state index in [1.54, 1.807) is 19.1 Å². The Morgan fingerprint density at radius 3 is 2.33 bits per heavy atom. The molecule has 7 heteroatoms. The molecule has 0 amide bonds. The molecular weight excluding hydrogens is 288 g/mol. The van der Waals surface area contributed by atoms with Crippen molar-refractivity contribution < 1.29 is 8.42 Å². The Kier molecular flexibility index (Phi) is 4.42. The monoisotopic (exact) mass is 306 g/mol. The zero-order valence-electron chi connectivity index (χ0n) is 12.2. The van der Waals surface area contributed by atoms with Gasteiger partial charge in [-0.2, -0.15) is 0 Å². The lowest BCUT2D eigenvalue weighted by Gasteiger charge is -2.10. The highest BCUT2D eigenvalue weighted by atomic mass is 32.2. The number of aryl methyl sites for hydroxylation is 1. The molecule has 0 aliphatic carbocycles. The lowest BCUT2D eigenvalue weighted by atomic mass is 10.1. The van der Waals surface area contributed by atoms with Crippen LogP contribution < -0.4 is 10.0 Å². The number of sulfonamides is 1. The van der Waals surface area contributed by atoms with Gasteiger partial charge in [-0.15, -0.1) is 10.2 Å². The number of aromatic nitrogens is 2. The molecule has 0 aliphatic rings. The van der Waals surface area contributed by atoms with E-state index in [0.29, 0.717) is 5.82 Å². The molecule has 21 heavy (non-hydrogen) atoms. The van der Waals surface area contributed by atoms with Gasteiger partial charge in [0.25, 0.3) is 0 Å². The van der Waals surface area contributed by atoms with Crippen LogP contribution in [0.4, 0.5) is 17.3 Å². The summed E-state index contributed by atoms with van der Waals surface area (Å²) >= 11 is 0. The maximum absolute atomic E-state index is 11.4. The molecule has 2 aromatic rings. The number of nitrogens with zero attached hydrogens (tertiary/aromatic N) is 2. The maximum Gasteiger partial charge on any atom is 0.233 e. The Morgan fingerprint density at radius 1 is 1.05 bits per heavy atom. The van der Waals surface area contributed by atoms with Gasteiger partial charge in [-0.1, -0.05) is 12.1 Å². The number of nitrogens with one attached hydrogen (secondary N) is 2. The smallest absolute Gasteiger partial charge is 0.233 e. The molecule has 1 aromatic heterocycles. The minimum absolute atomic E-state index is 0.00281. The van der Waals surface area contributed by atoms with Crippen molar-refractivity contribution in [3.05, 3.63) is 41.5 Å². The summed E-state index contributed by atoms with van der Waals surface area (Å²) in [5.41, 5.74) is 3.27. The van der Waals surface area contributed by atoms with Crippen molar-refractivity contribution >= 4 is 27.3 Å². The second-order valence-corrected chi connectivity index (χ2v) is 6.69.